The van der Waals surface area contributed by atoms with Gasteiger partial charge in [-0.3, -0.25) is 0 Å². The van der Waals surface area contributed by atoms with Crippen LogP contribution in [0.5, 0.6) is 5.75 Å². The van der Waals surface area contributed by atoms with Crippen molar-refractivity contribution in [2.24, 2.45) is 0 Å². The number of hydrogen-bond donors (Lipinski definition) is 0. The number of halogens is 3. The SMILES string of the molecule is N#Cc1c(Cl)cccc1OCc1cc(Br)ccc1F. The standard InChI is InChI=1S/C14H8BrClFNO/c15-10-4-5-13(17)9(6-10)8-19-14-3-1-2-12(16)11(14)7-18/h1-6H,8H2. The lowest BCUT2D eigenvalue weighted by Gasteiger charge is -2.09. The lowest BCUT2D eigenvalue weighted by molar-refractivity contribution is 0.299. The Balaban J connectivity index is 2.22. The first-order valence-electron chi connectivity index (χ1n) is 5.37. The minimum Gasteiger partial charge on any atom is -0.487 e. The first-order chi connectivity index (χ1) is 9.11. The number of ether oxygens (including phenoxy) is 1. The second-order valence-electron chi connectivity index (χ2n) is 3.75. The Bertz CT molecular complexity index is 654. The average Bonchev–Trinajstić information content (AvgIpc) is 2.40. The van der Waals surface area contributed by atoms with Gasteiger partial charge in [-0.25, -0.2) is 4.39 Å². The van der Waals surface area contributed by atoms with Crippen molar-refractivity contribution in [1.29, 1.82) is 5.26 Å². The van der Waals surface area contributed by atoms with Crippen molar-refractivity contribution in [3.05, 3.63) is 62.8 Å². The lowest BCUT2D eigenvalue weighted by Crippen LogP contribution is -2.00. The van der Waals surface area contributed by atoms with Crippen LogP contribution in [0.4, 0.5) is 4.39 Å². The third-order valence-electron chi connectivity index (χ3n) is 2.48. The van der Waals surface area contributed by atoms with Gasteiger partial charge < -0.3 is 4.74 Å². The zero-order chi connectivity index (χ0) is 13.8. The summed E-state index contributed by atoms with van der Waals surface area (Å²) in [5, 5.41) is 9.31. The number of nitriles is 1. The molecule has 96 valence electrons. The summed E-state index contributed by atoms with van der Waals surface area (Å²) >= 11 is 9.15. The van der Waals surface area contributed by atoms with Gasteiger partial charge in [0.1, 0.15) is 29.8 Å². The molecule has 2 aromatic carbocycles. The highest BCUT2D eigenvalue weighted by molar-refractivity contribution is 9.10. The molecule has 0 spiro atoms. The van der Waals surface area contributed by atoms with Crippen LogP contribution in [0.1, 0.15) is 11.1 Å². The zero-order valence-corrected chi connectivity index (χ0v) is 12.0. The fourth-order valence-corrected chi connectivity index (χ4v) is 2.16. The quantitative estimate of drug-likeness (QED) is 0.812. The van der Waals surface area contributed by atoms with Crippen molar-refractivity contribution in [1.82, 2.24) is 0 Å². The van der Waals surface area contributed by atoms with Gasteiger partial charge in [0.15, 0.2) is 0 Å². The van der Waals surface area contributed by atoms with Crippen molar-refractivity contribution in [3.8, 4) is 11.8 Å². The molecule has 0 heterocycles. The minimum absolute atomic E-state index is 0.0281. The Morgan fingerprint density at radius 3 is 2.84 bits per heavy atom. The molecule has 5 heteroatoms. The molecule has 0 saturated carbocycles. The summed E-state index contributed by atoms with van der Waals surface area (Å²) in [5.41, 5.74) is 0.651. The summed E-state index contributed by atoms with van der Waals surface area (Å²) in [7, 11) is 0. The van der Waals surface area contributed by atoms with Gasteiger partial charge in [-0.2, -0.15) is 5.26 Å². The van der Waals surface area contributed by atoms with Crippen LogP contribution in [0.25, 0.3) is 0 Å². The van der Waals surface area contributed by atoms with Crippen molar-refractivity contribution < 1.29 is 9.13 Å². The molecule has 2 aromatic rings. The van der Waals surface area contributed by atoms with E-state index in [9.17, 15) is 4.39 Å². The van der Waals surface area contributed by atoms with E-state index in [2.05, 4.69) is 15.9 Å². The third-order valence-corrected chi connectivity index (χ3v) is 3.29. The first kappa shape index (κ1) is 13.9. The minimum atomic E-state index is -0.358. The summed E-state index contributed by atoms with van der Waals surface area (Å²) in [6.45, 7) is 0.0281. The maximum absolute atomic E-state index is 13.5. The summed E-state index contributed by atoms with van der Waals surface area (Å²) in [6, 6.07) is 11.5. The van der Waals surface area contributed by atoms with Gasteiger partial charge in [0.25, 0.3) is 0 Å². The largest absolute Gasteiger partial charge is 0.487 e. The highest BCUT2D eigenvalue weighted by atomic mass is 79.9. The van der Waals surface area contributed by atoms with Crippen molar-refractivity contribution >= 4 is 27.5 Å². The number of rotatable bonds is 3. The molecular weight excluding hydrogens is 333 g/mol. The molecule has 19 heavy (non-hydrogen) atoms. The molecule has 0 unspecified atom stereocenters. The molecular formula is C14H8BrClFNO. The number of benzene rings is 2. The van der Waals surface area contributed by atoms with E-state index in [0.717, 1.165) is 4.47 Å². The normalized spacial score (nSPS) is 10.0. The van der Waals surface area contributed by atoms with Gasteiger partial charge in [-0.15, -0.1) is 0 Å². The highest BCUT2D eigenvalue weighted by Crippen LogP contribution is 2.26. The summed E-state index contributed by atoms with van der Waals surface area (Å²) in [6.07, 6.45) is 0. The molecule has 0 aromatic heterocycles. The maximum Gasteiger partial charge on any atom is 0.139 e. The molecule has 0 N–H and O–H groups in total. The summed E-state index contributed by atoms with van der Waals surface area (Å²) in [4.78, 5) is 0. The van der Waals surface area contributed by atoms with E-state index in [-0.39, 0.29) is 18.0 Å². The lowest BCUT2D eigenvalue weighted by atomic mass is 10.2. The van der Waals surface area contributed by atoms with E-state index < -0.39 is 0 Å². The van der Waals surface area contributed by atoms with Gasteiger partial charge in [0, 0.05) is 10.0 Å². The predicted molar refractivity (Wildman–Crippen MR) is 74.6 cm³/mol. The van der Waals surface area contributed by atoms with E-state index in [1.54, 1.807) is 30.3 Å². The fraction of sp³-hybridized carbons (Fsp3) is 0.0714. The average molecular weight is 341 g/mol. The van der Waals surface area contributed by atoms with Crippen LogP contribution in [0.2, 0.25) is 5.02 Å². The Kier molecular flexibility index (Phi) is 4.41. The second-order valence-corrected chi connectivity index (χ2v) is 5.07. The number of nitrogens with zero attached hydrogens (tertiary/aromatic N) is 1. The first-order valence-corrected chi connectivity index (χ1v) is 6.54. The molecule has 0 fully saturated rings. The molecule has 0 bridgehead atoms. The van der Waals surface area contributed by atoms with E-state index in [4.69, 9.17) is 21.6 Å². The Hall–Kier alpha value is -1.57. The topological polar surface area (TPSA) is 33.0 Å². The Labute approximate surface area is 123 Å². The van der Waals surface area contributed by atoms with E-state index >= 15 is 0 Å². The summed E-state index contributed by atoms with van der Waals surface area (Å²) in [5.74, 6) is -0.0156. The Morgan fingerprint density at radius 1 is 1.32 bits per heavy atom. The zero-order valence-electron chi connectivity index (χ0n) is 9.66. The molecule has 0 amide bonds. The van der Waals surface area contributed by atoms with Crippen LogP contribution >= 0.6 is 27.5 Å². The molecule has 0 aliphatic rings. The van der Waals surface area contributed by atoms with Gasteiger partial charge in [-0.05, 0) is 30.3 Å². The molecule has 0 aliphatic carbocycles. The van der Waals surface area contributed by atoms with Gasteiger partial charge in [0.05, 0.1) is 5.02 Å². The van der Waals surface area contributed by atoms with Crippen LogP contribution in [0.3, 0.4) is 0 Å². The van der Waals surface area contributed by atoms with Crippen LogP contribution < -0.4 is 4.74 Å². The van der Waals surface area contributed by atoms with Crippen molar-refractivity contribution in [2.75, 3.05) is 0 Å². The maximum atomic E-state index is 13.5. The molecule has 2 rings (SSSR count). The van der Waals surface area contributed by atoms with Gasteiger partial charge in [0.2, 0.25) is 0 Å². The number of hydrogen-bond acceptors (Lipinski definition) is 2. The van der Waals surface area contributed by atoms with E-state index in [1.165, 1.54) is 6.07 Å². The monoisotopic (exact) mass is 339 g/mol. The molecule has 0 radical (unpaired) electrons. The van der Waals surface area contributed by atoms with Crippen molar-refractivity contribution in [2.45, 2.75) is 6.61 Å². The van der Waals surface area contributed by atoms with Crippen LogP contribution in [0, 0.1) is 17.1 Å². The van der Waals surface area contributed by atoms with Gasteiger partial charge >= 0.3 is 0 Å². The Morgan fingerprint density at radius 2 is 2.11 bits per heavy atom. The van der Waals surface area contributed by atoms with Crippen molar-refractivity contribution in [3.63, 3.8) is 0 Å². The third kappa shape index (κ3) is 3.25. The predicted octanol–water partition coefficient (Wildman–Crippen LogP) is 4.69. The second kappa shape index (κ2) is 6.05. The van der Waals surface area contributed by atoms with E-state index in [0.29, 0.717) is 16.3 Å². The molecule has 2 nitrogen and oxygen atoms in total. The van der Waals surface area contributed by atoms with Crippen LogP contribution in [0.15, 0.2) is 40.9 Å². The van der Waals surface area contributed by atoms with E-state index in [1.807, 2.05) is 6.07 Å². The summed E-state index contributed by atoms with van der Waals surface area (Å²) < 4.78 is 19.8. The van der Waals surface area contributed by atoms with Crippen LogP contribution in [-0.4, -0.2) is 0 Å². The molecule has 0 saturated heterocycles. The highest BCUT2D eigenvalue weighted by Gasteiger charge is 2.09. The van der Waals surface area contributed by atoms with Gasteiger partial charge in [-0.1, -0.05) is 33.6 Å². The smallest absolute Gasteiger partial charge is 0.139 e. The molecule has 0 aliphatic heterocycles. The van der Waals surface area contributed by atoms with Crippen LogP contribution in [-0.2, 0) is 6.61 Å². The fourth-order valence-electron chi connectivity index (χ4n) is 1.54. The molecule has 0 atom stereocenters.